The van der Waals surface area contributed by atoms with Crippen LogP contribution in [0.2, 0.25) is 0 Å². The van der Waals surface area contributed by atoms with Crippen LogP contribution >= 0.6 is 0 Å². The fourth-order valence-corrected chi connectivity index (χ4v) is 4.34. The number of hydrogen-bond donors (Lipinski definition) is 0. The van der Waals surface area contributed by atoms with Crippen molar-refractivity contribution >= 4 is 5.91 Å². The van der Waals surface area contributed by atoms with Crippen molar-refractivity contribution in [2.24, 2.45) is 13.0 Å². The van der Waals surface area contributed by atoms with E-state index in [9.17, 15) is 4.79 Å². The van der Waals surface area contributed by atoms with Gasteiger partial charge in [-0.15, -0.1) is 0 Å². The minimum atomic E-state index is 0.0697. The number of hydrogen-bond acceptors (Lipinski definition) is 3. The highest BCUT2D eigenvalue weighted by molar-refractivity contribution is 5.92. The second kappa shape index (κ2) is 8.26. The number of amides is 1. The SMILES string of the molecule is Cn1cnc(C(=O)N2CCC(Cc3ccc(CN4CCCC4)cc3)CC2)c1. The van der Waals surface area contributed by atoms with Gasteiger partial charge in [0.15, 0.2) is 0 Å². The molecule has 2 aliphatic rings. The first-order valence-corrected chi connectivity index (χ1v) is 10.2. The molecule has 0 unspecified atom stereocenters. The molecular weight excluding hydrogens is 336 g/mol. The van der Waals surface area contributed by atoms with E-state index in [-0.39, 0.29) is 5.91 Å². The number of likely N-dealkylation sites (tertiary alicyclic amines) is 2. The lowest BCUT2D eigenvalue weighted by molar-refractivity contribution is 0.0685. The number of carbonyl (C=O) groups excluding carboxylic acids is 1. The minimum absolute atomic E-state index is 0.0697. The van der Waals surface area contributed by atoms with Gasteiger partial charge >= 0.3 is 0 Å². The van der Waals surface area contributed by atoms with E-state index in [0.29, 0.717) is 11.6 Å². The third-order valence-corrected chi connectivity index (χ3v) is 5.98. The summed E-state index contributed by atoms with van der Waals surface area (Å²) in [5.74, 6) is 0.738. The average Bonchev–Trinajstić information content (AvgIpc) is 3.35. The normalized spacial score (nSPS) is 18.9. The maximum absolute atomic E-state index is 12.5. The molecule has 5 heteroatoms. The molecule has 0 aliphatic carbocycles. The molecule has 2 fully saturated rings. The van der Waals surface area contributed by atoms with Crippen LogP contribution in [0.5, 0.6) is 0 Å². The molecule has 3 heterocycles. The Hall–Kier alpha value is -2.14. The Bertz CT molecular complexity index is 753. The van der Waals surface area contributed by atoms with Crippen LogP contribution in [0.25, 0.3) is 0 Å². The van der Waals surface area contributed by atoms with Gasteiger partial charge in [0.25, 0.3) is 5.91 Å². The predicted octanol–water partition coefficient (Wildman–Crippen LogP) is 3.11. The molecule has 2 aliphatic heterocycles. The van der Waals surface area contributed by atoms with Gasteiger partial charge in [0.05, 0.1) is 6.33 Å². The minimum Gasteiger partial charge on any atom is -0.340 e. The van der Waals surface area contributed by atoms with Crippen LogP contribution in [0.3, 0.4) is 0 Å². The summed E-state index contributed by atoms with van der Waals surface area (Å²) in [6.45, 7) is 5.27. The molecule has 0 radical (unpaired) electrons. The number of aryl methyl sites for hydroxylation is 1. The summed E-state index contributed by atoms with van der Waals surface area (Å²) in [4.78, 5) is 21.2. The molecule has 1 amide bonds. The Morgan fingerprint density at radius 3 is 2.33 bits per heavy atom. The van der Waals surface area contributed by atoms with E-state index < -0.39 is 0 Å². The Balaban J connectivity index is 1.25. The highest BCUT2D eigenvalue weighted by atomic mass is 16.2. The molecule has 2 aromatic rings. The van der Waals surface area contributed by atoms with E-state index in [4.69, 9.17) is 0 Å². The number of imidazole rings is 1. The molecule has 144 valence electrons. The molecule has 0 spiro atoms. The summed E-state index contributed by atoms with van der Waals surface area (Å²) < 4.78 is 1.83. The molecule has 4 rings (SSSR count). The van der Waals surface area contributed by atoms with Gasteiger partial charge in [-0.3, -0.25) is 9.69 Å². The molecule has 2 saturated heterocycles. The summed E-state index contributed by atoms with van der Waals surface area (Å²) >= 11 is 0. The molecule has 0 saturated carbocycles. The van der Waals surface area contributed by atoms with Crippen LogP contribution in [-0.2, 0) is 20.0 Å². The number of aromatic nitrogens is 2. The summed E-state index contributed by atoms with van der Waals surface area (Å²) in [7, 11) is 1.90. The smallest absolute Gasteiger partial charge is 0.274 e. The zero-order chi connectivity index (χ0) is 18.6. The molecule has 0 bridgehead atoms. The molecule has 0 atom stereocenters. The first-order valence-electron chi connectivity index (χ1n) is 10.2. The van der Waals surface area contributed by atoms with E-state index >= 15 is 0 Å². The quantitative estimate of drug-likeness (QED) is 0.816. The largest absolute Gasteiger partial charge is 0.340 e. The number of nitrogens with zero attached hydrogens (tertiary/aromatic N) is 4. The number of carbonyl (C=O) groups is 1. The van der Waals surface area contributed by atoms with E-state index in [0.717, 1.165) is 38.9 Å². The van der Waals surface area contributed by atoms with Crippen molar-refractivity contribution in [3.8, 4) is 0 Å². The maximum atomic E-state index is 12.5. The molecule has 5 nitrogen and oxygen atoms in total. The summed E-state index contributed by atoms with van der Waals surface area (Å²) in [6.07, 6.45) is 9.46. The van der Waals surface area contributed by atoms with Gasteiger partial charge in [-0.1, -0.05) is 24.3 Å². The molecule has 1 aromatic carbocycles. The molecule has 27 heavy (non-hydrogen) atoms. The zero-order valence-corrected chi connectivity index (χ0v) is 16.3. The van der Waals surface area contributed by atoms with Gasteiger partial charge in [0.2, 0.25) is 0 Å². The van der Waals surface area contributed by atoms with E-state index in [1.165, 1.54) is 37.1 Å². The molecule has 0 N–H and O–H groups in total. The van der Waals surface area contributed by atoms with Crippen molar-refractivity contribution in [1.82, 2.24) is 19.4 Å². The van der Waals surface area contributed by atoms with Crippen molar-refractivity contribution in [2.75, 3.05) is 26.2 Å². The Kier molecular flexibility index (Phi) is 5.58. The van der Waals surface area contributed by atoms with Crippen LogP contribution in [0.1, 0.15) is 47.3 Å². The lowest BCUT2D eigenvalue weighted by Gasteiger charge is -2.31. The van der Waals surface area contributed by atoms with Gasteiger partial charge in [-0.05, 0) is 62.2 Å². The van der Waals surface area contributed by atoms with Crippen molar-refractivity contribution in [3.63, 3.8) is 0 Å². The monoisotopic (exact) mass is 366 g/mol. The van der Waals surface area contributed by atoms with Crippen molar-refractivity contribution in [1.29, 1.82) is 0 Å². The van der Waals surface area contributed by atoms with E-state index in [2.05, 4.69) is 34.1 Å². The highest BCUT2D eigenvalue weighted by Crippen LogP contribution is 2.23. The highest BCUT2D eigenvalue weighted by Gasteiger charge is 2.25. The van der Waals surface area contributed by atoms with Gasteiger partial charge in [0, 0.05) is 32.9 Å². The van der Waals surface area contributed by atoms with Crippen LogP contribution in [0.15, 0.2) is 36.8 Å². The van der Waals surface area contributed by atoms with E-state index in [1.54, 1.807) is 12.5 Å². The first-order chi connectivity index (χ1) is 13.2. The van der Waals surface area contributed by atoms with Crippen LogP contribution in [-0.4, -0.2) is 51.4 Å². The second-order valence-corrected chi connectivity index (χ2v) is 8.16. The fourth-order valence-electron chi connectivity index (χ4n) is 4.34. The lowest BCUT2D eigenvalue weighted by atomic mass is 9.90. The van der Waals surface area contributed by atoms with Crippen molar-refractivity contribution in [2.45, 2.75) is 38.6 Å². The summed E-state index contributed by atoms with van der Waals surface area (Å²) in [5, 5.41) is 0. The van der Waals surface area contributed by atoms with Gasteiger partial charge < -0.3 is 9.47 Å². The number of piperidine rings is 1. The summed E-state index contributed by atoms with van der Waals surface area (Å²) in [6, 6.07) is 9.20. The van der Waals surface area contributed by atoms with Gasteiger partial charge in [0.1, 0.15) is 5.69 Å². The average molecular weight is 367 g/mol. The number of rotatable bonds is 5. The second-order valence-electron chi connectivity index (χ2n) is 8.16. The van der Waals surface area contributed by atoms with Gasteiger partial charge in [-0.2, -0.15) is 0 Å². The van der Waals surface area contributed by atoms with Crippen LogP contribution < -0.4 is 0 Å². The van der Waals surface area contributed by atoms with Crippen LogP contribution in [0.4, 0.5) is 0 Å². The van der Waals surface area contributed by atoms with Crippen LogP contribution in [0, 0.1) is 5.92 Å². The van der Waals surface area contributed by atoms with Gasteiger partial charge in [-0.25, -0.2) is 4.98 Å². The maximum Gasteiger partial charge on any atom is 0.274 e. The topological polar surface area (TPSA) is 41.4 Å². The number of benzene rings is 1. The first kappa shape index (κ1) is 18.2. The summed E-state index contributed by atoms with van der Waals surface area (Å²) in [5.41, 5.74) is 3.41. The van der Waals surface area contributed by atoms with E-state index in [1.807, 2.05) is 16.5 Å². The Morgan fingerprint density at radius 2 is 1.70 bits per heavy atom. The lowest BCUT2D eigenvalue weighted by Crippen LogP contribution is -2.39. The standard InChI is InChI=1S/C22H30N4O/c1-24-16-21(23-17-24)22(27)26-12-8-19(9-13-26)14-18-4-6-20(7-5-18)15-25-10-2-3-11-25/h4-7,16-17,19H,2-3,8-15H2,1H3. The predicted molar refractivity (Wildman–Crippen MR) is 106 cm³/mol. The third kappa shape index (κ3) is 4.59. The third-order valence-electron chi connectivity index (χ3n) is 5.98. The zero-order valence-electron chi connectivity index (χ0n) is 16.3. The molecule has 1 aromatic heterocycles. The molecular formula is C22H30N4O. The fraction of sp³-hybridized carbons (Fsp3) is 0.545. The Labute approximate surface area is 162 Å². The van der Waals surface area contributed by atoms with Crippen molar-refractivity contribution in [3.05, 3.63) is 53.6 Å². The van der Waals surface area contributed by atoms with Crippen molar-refractivity contribution < 1.29 is 4.79 Å². The Morgan fingerprint density at radius 1 is 1.04 bits per heavy atom.